The maximum absolute atomic E-state index is 11.8. The number of aromatic nitrogens is 3. The van der Waals surface area contributed by atoms with Crippen LogP contribution in [0, 0.1) is 5.41 Å². The van der Waals surface area contributed by atoms with Crippen molar-refractivity contribution < 1.29 is 4.79 Å². The smallest absolute Gasteiger partial charge is 0.162 e. The first kappa shape index (κ1) is 13.2. The van der Waals surface area contributed by atoms with Gasteiger partial charge in [0.05, 0.1) is 12.4 Å². The third kappa shape index (κ3) is 3.37. The first-order chi connectivity index (χ1) is 8.97. The van der Waals surface area contributed by atoms with E-state index in [2.05, 4.69) is 10.2 Å². The number of hydrogen-bond donors (Lipinski definition) is 0. The molecule has 19 heavy (non-hydrogen) atoms. The zero-order chi connectivity index (χ0) is 13.9. The van der Waals surface area contributed by atoms with Crippen LogP contribution in [0.3, 0.4) is 0 Å². The molecule has 0 aliphatic carbocycles. The molecule has 0 saturated heterocycles. The van der Waals surface area contributed by atoms with Crippen LogP contribution in [0.5, 0.6) is 0 Å². The topological polar surface area (TPSA) is 47.8 Å². The Morgan fingerprint density at radius 2 is 1.89 bits per heavy atom. The Morgan fingerprint density at radius 3 is 2.53 bits per heavy atom. The lowest BCUT2D eigenvalue weighted by Gasteiger charge is -2.12. The Hall–Kier alpha value is -2.23. The predicted molar refractivity (Wildman–Crippen MR) is 75.3 cm³/mol. The monoisotopic (exact) mass is 255 g/mol. The van der Waals surface area contributed by atoms with E-state index < -0.39 is 0 Å². The van der Waals surface area contributed by atoms with Crippen LogP contribution in [0.2, 0.25) is 0 Å². The summed E-state index contributed by atoms with van der Waals surface area (Å²) >= 11 is 0. The third-order valence-corrected chi connectivity index (χ3v) is 2.68. The highest BCUT2D eigenvalue weighted by molar-refractivity contribution is 5.95. The molecule has 1 aromatic carbocycles. The van der Waals surface area contributed by atoms with Crippen LogP contribution in [0.25, 0.3) is 17.5 Å². The van der Waals surface area contributed by atoms with Crippen LogP contribution < -0.4 is 0 Å². The molecular weight excluding hydrogens is 238 g/mol. The molecule has 0 aliphatic rings. The van der Waals surface area contributed by atoms with Gasteiger partial charge in [0.2, 0.25) is 0 Å². The summed E-state index contributed by atoms with van der Waals surface area (Å²) in [6, 6.07) is 9.80. The van der Waals surface area contributed by atoms with Gasteiger partial charge in [-0.05, 0) is 0 Å². The summed E-state index contributed by atoms with van der Waals surface area (Å²) < 4.78 is 0. The summed E-state index contributed by atoms with van der Waals surface area (Å²) in [6.07, 6.45) is 4.77. The Morgan fingerprint density at radius 1 is 1.21 bits per heavy atom. The number of hydrogen-bond acceptors (Lipinski definition) is 3. The van der Waals surface area contributed by atoms with Gasteiger partial charge in [-0.2, -0.15) is 9.90 Å². The Balaban J connectivity index is 2.15. The number of carbonyl (C=O) groups excluding carboxylic acids is 1. The molecule has 0 N–H and O–H groups in total. The molecular formula is C15H17N3O. The molecule has 0 bridgehead atoms. The van der Waals surface area contributed by atoms with Gasteiger partial charge >= 0.3 is 0 Å². The fraction of sp³-hybridized carbons (Fsp3) is 0.267. The van der Waals surface area contributed by atoms with Gasteiger partial charge in [-0.3, -0.25) is 4.79 Å². The van der Waals surface area contributed by atoms with E-state index in [0.717, 1.165) is 11.3 Å². The van der Waals surface area contributed by atoms with E-state index in [1.165, 1.54) is 10.9 Å². The molecule has 0 radical (unpaired) electrons. The summed E-state index contributed by atoms with van der Waals surface area (Å²) in [4.78, 5) is 13.2. The average molecular weight is 255 g/mol. The second-order valence-corrected chi connectivity index (χ2v) is 5.35. The van der Waals surface area contributed by atoms with Crippen LogP contribution in [-0.2, 0) is 4.79 Å². The van der Waals surface area contributed by atoms with Gasteiger partial charge in [0.1, 0.15) is 5.69 Å². The summed E-state index contributed by atoms with van der Waals surface area (Å²) in [5.41, 5.74) is 1.41. The third-order valence-electron chi connectivity index (χ3n) is 2.68. The molecule has 0 atom stereocenters. The second-order valence-electron chi connectivity index (χ2n) is 5.35. The fourth-order valence-electron chi connectivity index (χ4n) is 1.47. The molecule has 98 valence electrons. The molecule has 1 heterocycles. The maximum Gasteiger partial charge on any atom is 0.162 e. The van der Waals surface area contributed by atoms with Crippen molar-refractivity contribution >= 4 is 12.0 Å². The van der Waals surface area contributed by atoms with Gasteiger partial charge in [0.15, 0.2) is 5.78 Å². The van der Waals surface area contributed by atoms with Crippen LogP contribution in [0.1, 0.15) is 20.8 Å². The number of rotatable bonds is 3. The van der Waals surface area contributed by atoms with E-state index in [4.69, 9.17) is 0 Å². The summed E-state index contributed by atoms with van der Waals surface area (Å²) in [5.74, 6) is 0.0473. The van der Waals surface area contributed by atoms with E-state index in [9.17, 15) is 4.79 Å². The van der Waals surface area contributed by atoms with E-state index >= 15 is 0 Å². The van der Waals surface area contributed by atoms with Gasteiger partial charge < -0.3 is 0 Å². The number of ketones is 1. The quantitative estimate of drug-likeness (QED) is 0.792. The SMILES string of the molecule is CC(C)(C)C(=O)C=Cn1ncc(-c2ccccc2)n1. The Labute approximate surface area is 112 Å². The minimum absolute atomic E-state index is 0.0473. The Bertz CT molecular complexity index is 591. The number of benzene rings is 1. The molecule has 0 amide bonds. The first-order valence-corrected chi connectivity index (χ1v) is 6.17. The minimum atomic E-state index is -0.383. The lowest BCUT2D eigenvalue weighted by Crippen LogP contribution is -2.17. The molecule has 0 fully saturated rings. The van der Waals surface area contributed by atoms with Crippen molar-refractivity contribution in [2.24, 2.45) is 5.41 Å². The summed E-state index contributed by atoms with van der Waals surface area (Å²) in [6.45, 7) is 5.64. The summed E-state index contributed by atoms with van der Waals surface area (Å²) in [5, 5.41) is 8.41. The molecule has 4 heteroatoms. The van der Waals surface area contributed by atoms with Gasteiger partial charge in [-0.15, -0.1) is 5.10 Å². The molecule has 0 aliphatic heterocycles. The maximum atomic E-state index is 11.8. The van der Waals surface area contributed by atoms with Crippen LogP contribution in [-0.4, -0.2) is 20.8 Å². The van der Waals surface area contributed by atoms with Crippen LogP contribution in [0.15, 0.2) is 42.6 Å². The van der Waals surface area contributed by atoms with Gasteiger partial charge in [0.25, 0.3) is 0 Å². The van der Waals surface area contributed by atoms with Gasteiger partial charge in [-0.1, -0.05) is 51.1 Å². The minimum Gasteiger partial charge on any atom is -0.294 e. The predicted octanol–water partition coefficient (Wildman–Crippen LogP) is 3.03. The number of allylic oxidation sites excluding steroid dienone is 1. The fourth-order valence-corrected chi connectivity index (χ4v) is 1.47. The molecule has 0 saturated carbocycles. The Kier molecular flexibility index (Phi) is 3.60. The van der Waals surface area contributed by atoms with E-state index in [1.54, 1.807) is 12.4 Å². The van der Waals surface area contributed by atoms with Crippen molar-refractivity contribution in [2.45, 2.75) is 20.8 Å². The van der Waals surface area contributed by atoms with Crippen LogP contribution >= 0.6 is 0 Å². The van der Waals surface area contributed by atoms with Crippen LogP contribution in [0.4, 0.5) is 0 Å². The molecule has 2 rings (SSSR count). The van der Waals surface area contributed by atoms with Gasteiger partial charge in [-0.25, -0.2) is 0 Å². The molecule has 4 nitrogen and oxygen atoms in total. The van der Waals surface area contributed by atoms with Crippen molar-refractivity contribution in [3.63, 3.8) is 0 Å². The van der Waals surface area contributed by atoms with Crippen molar-refractivity contribution in [3.05, 3.63) is 42.6 Å². The highest BCUT2D eigenvalue weighted by atomic mass is 16.1. The normalized spacial score (nSPS) is 11.9. The highest BCUT2D eigenvalue weighted by Gasteiger charge is 2.18. The van der Waals surface area contributed by atoms with Crippen molar-refractivity contribution in [1.82, 2.24) is 15.0 Å². The largest absolute Gasteiger partial charge is 0.294 e. The first-order valence-electron chi connectivity index (χ1n) is 6.17. The average Bonchev–Trinajstić information content (AvgIpc) is 2.84. The highest BCUT2D eigenvalue weighted by Crippen LogP contribution is 2.16. The van der Waals surface area contributed by atoms with Crippen molar-refractivity contribution in [1.29, 1.82) is 0 Å². The van der Waals surface area contributed by atoms with E-state index in [-0.39, 0.29) is 11.2 Å². The lowest BCUT2D eigenvalue weighted by molar-refractivity contribution is -0.121. The molecule has 0 unspecified atom stereocenters. The van der Waals surface area contributed by atoms with E-state index in [1.807, 2.05) is 51.1 Å². The number of carbonyl (C=O) groups is 1. The van der Waals surface area contributed by atoms with Gasteiger partial charge in [0, 0.05) is 17.1 Å². The molecule has 0 spiro atoms. The van der Waals surface area contributed by atoms with Crippen molar-refractivity contribution in [3.8, 4) is 11.3 Å². The standard InChI is InChI=1S/C15H17N3O/c1-15(2,3)14(19)9-10-18-16-11-13(17-18)12-7-5-4-6-8-12/h4-11H,1-3H3. The van der Waals surface area contributed by atoms with E-state index in [0.29, 0.717) is 0 Å². The zero-order valence-electron chi connectivity index (χ0n) is 11.4. The zero-order valence-corrected chi connectivity index (χ0v) is 11.4. The molecule has 2 aromatic rings. The number of nitrogens with zero attached hydrogens (tertiary/aromatic N) is 3. The van der Waals surface area contributed by atoms with Crippen molar-refractivity contribution in [2.75, 3.05) is 0 Å². The second kappa shape index (κ2) is 5.18. The molecule has 1 aromatic heterocycles. The lowest BCUT2D eigenvalue weighted by atomic mass is 9.91. The summed E-state index contributed by atoms with van der Waals surface area (Å²) in [7, 11) is 0.